The molecule has 3 atom stereocenters. The molecule has 12 heavy (non-hydrogen) atoms. The van der Waals surface area contributed by atoms with Gasteiger partial charge < -0.3 is 5.11 Å². The van der Waals surface area contributed by atoms with Crippen LogP contribution in [-0.2, 0) is 0 Å². The summed E-state index contributed by atoms with van der Waals surface area (Å²) in [6, 6.07) is 0.569. The van der Waals surface area contributed by atoms with Crippen molar-refractivity contribution >= 4 is 0 Å². The van der Waals surface area contributed by atoms with Crippen LogP contribution >= 0.6 is 0 Å². The van der Waals surface area contributed by atoms with Crippen LogP contribution < -0.4 is 0 Å². The van der Waals surface area contributed by atoms with Crippen LogP contribution in [0.4, 0.5) is 0 Å². The van der Waals surface area contributed by atoms with Gasteiger partial charge in [0.15, 0.2) is 0 Å². The maximum absolute atomic E-state index is 9.72. The van der Waals surface area contributed by atoms with Crippen molar-refractivity contribution in [3.63, 3.8) is 0 Å². The Morgan fingerprint density at radius 1 is 1.17 bits per heavy atom. The Labute approximate surface area is 74.6 Å². The standard InChI is InChI=1S/C10H19NO/c1-7-5-9(8-3-4-8)6-10(12)11(7)2/h7-10,12H,3-6H2,1-2H3/t7-,9+,10-/m1/s1. The van der Waals surface area contributed by atoms with E-state index in [0.29, 0.717) is 6.04 Å². The van der Waals surface area contributed by atoms with Gasteiger partial charge in [-0.1, -0.05) is 0 Å². The fourth-order valence-electron chi connectivity index (χ4n) is 2.38. The predicted molar refractivity (Wildman–Crippen MR) is 48.7 cm³/mol. The molecule has 2 aliphatic rings. The Hall–Kier alpha value is -0.0800. The molecule has 0 unspecified atom stereocenters. The fourth-order valence-corrected chi connectivity index (χ4v) is 2.38. The molecule has 0 amide bonds. The molecule has 0 aromatic carbocycles. The van der Waals surface area contributed by atoms with Gasteiger partial charge in [0.05, 0.1) is 0 Å². The molecule has 0 bridgehead atoms. The Morgan fingerprint density at radius 3 is 2.33 bits per heavy atom. The molecule has 1 aliphatic heterocycles. The van der Waals surface area contributed by atoms with Crippen molar-refractivity contribution in [1.82, 2.24) is 4.90 Å². The molecular formula is C10H19NO. The second-order valence-electron chi connectivity index (χ2n) is 4.56. The molecular weight excluding hydrogens is 150 g/mol. The Balaban J connectivity index is 1.94. The van der Waals surface area contributed by atoms with Gasteiger partial charge in [0, 0.05) is 6.04 Å². The Kier molecular flexibility index (Phi) is 2.13. The number of likely N-dealkylation sites (tertiary alicyclic amines) is 1. The minimum Gasteiger partial charge on any atom is -0.378 e. The molecule has 2 fully saturated rings. The van der Waals surface area contributed by atoms with E-state index < -0.39 is 0 Å². The second-order valence-corrected chi connectivity index (χ2v) is 4.56. The van der Waals surface area contributed by atoms with Gasteiger partial charge in [-0.3, -0.25) is 4.90 Å². The van der Waals surface area contributed by atoms with Crippen LogP contribution in [0.3, 0.4) is 0 Å². The zero-order valence-corrected chi connectivity index (χ0v) is 8.03. The van der Waals surface area contributed by atoms with E-state index in [1.807, 2.05) is 7.05 Å². The number of aliphatic hydroxyl groups is 1. The molecule has 0 aromatic rings. The van der Waals surface area contributed by atoms with E-state index >= 15 is 0 Å². The second kappa shape index (κ2) is 3.00. The molecule has 70 valence electrons. The molecule has 2 rings (SSSR count). The van der Waals surface area contributed by atoms with Gasteiger partial charge in [0.25, 0.3) is 0 Å². The lowest BCUT2D eigenvalue weighted by molar-refractivity contribution is -0.0572. The quantitative estimate of drug-likeness (QED) is 0.642. The highest BCUT2D eigenvalue weighted by Crippen LogP contribution is 2.43. The third-order valence-corrected chi connectivity index (χ3v) is 3.61. The van der Waals surface area contributed by atoms with Crippen molar-refractivity contribution in [1.29, 1.82) is 0 Å². The van der Waals surface area contributed by atoms with E-state index in [4.69, 9.17) is 0 Å². The van der Waals surface area contributed by atoms with Crippen LogP contribution in [0.2, 0.25) is 0 Å². The van der Waals surface area contributed by atoms with Crippen LogP contribution in [0, 0.1) is 11.8 Å². The predicted octanol–water partition coefficient (Wildman–Crippen LogP) is 1.45. The largest absolute Gasteiger partial charge is 0.378 e. The van der Waals surface area contributed by atoms with Gasteiger partial charge in [0.1, 0.15) is 6.23 Å². The summed E-state index contributed by atoms with van der Waals surface area (Å²) >= 11 is 0. The number of piperidine rings is 1. The van der Waals surface area contributed by atoms with Crippen molar-refractivity contribution in [3.8, 4) is 0 Å². The average molecular weight is 169 g/mol. The summed E-state index contributed by atoms with van der Waals surface area (Å²) in [4.78, 5) is 2.10. The fraction of sp³-hybridized carbons (Fsp3) is 1.00. The first-order valence-electron chi connectivity index (χ1n) is 5.08. The first kappa shape index (κ1) is 8.52. The van der Waals surface area contributed by atoms with Gasteiger partial charge in [-0.25, -0.2) is 0 Å². The lowest BCUT2D eigenvalue weighted by Crippen LogP contribution is -2.45. The van der Waals surface area contributed by atoms with Crippen LogP contribution in [0.1, 0.15) is 32.6 Å². The summed E-state index contributed by atoms with van der Waals surface area (Å²) in [6.07, 6.45) is 4.94. The number of nitrogens with zero attached hydrogens (tertiary/aromatic N) is 1. The minimum atomic E-state index is -0.181. The number of hydrogen-bond donors (Lipinski definition) is 1. The molecule has 1 N–H and O–H groups in total. The molecule has 0 spiro atoms. The van der Waals surface area contributed by atoms with Crippen molar-refractivity contribution in [3.05, 3.63) is 0 Å². The number of hydrogen-bond acceptors (Lipinski definition) is 2. The SMILES string of the molecule is C[C@@H]1C[C@H](C2CC2)C[C@@H](O)N1C. The van der Waals surface area contributed by atoms with Gasteiger partial charge in [-0.15, -0.1) is 0 Å². The third-order valence-electron chi connectivity index (χ3n) is 3.61. The summed E-state index contributed by atoms with van der Waals surface area (Å²) in [6.45, 7) is 2.22. The summed E-state index contributed by atoms with van der Waals surface area (Å²) in [5.74, 6) is 1.77. The maximum atomic E-state index is 9.72. The van der Waals surface area contributed by atoms with E-state index in [9.17, 15) is 5.11 Å². The summed E-state index contributed by atoms with van der Waals surface area (Å²) in [5, 5.41) is 9.72. The van der Waals surface area contributed by atoms with Gasteiger partial charge in [-0.05, 0) is 51.5 Å². The molecule has 0 radical (unpaired) electrons. The monoisotopic (exact) mass is 169 g/mol. The molecule has 1 saturated heterocycles. The molecule has 2 heteroatoms. The summed E-state index contributed by atoms with van der Waals surface area (Å²) < 4.78 is 0. The zero-order chi connectivity index (χ0) is 8.72. The Bertz CT molecular complexity index is 155. The Morgan fingerprint density at radius 2 is 1.83 bits per heavy atom. The highest BCUT2D eigenvalue weighted by atomic mass is 16.3. The van der Waals surface area contributed by atoms with Crippen LogP contribution in [0.5, 0.6) is 0 Å². The van der Waals surface area contributed by atoms with E-state index in [1.165, 1.54) is 19.3 Å². The average Bonchev–Trinajstić information content (AvgIpc) is 2.81. The lowest BCUT2D eigenvalue weighted by Gasteiger charge is -2.39. The summed E-state index contributed by atoms with van der Waals surface area (Å²) in [5.41, 5.74) is 0. The number of aliphatic hydroxyl groups excluding tert-OH is 1. The molecule has 1 saturated carbocycles. The van der Waals surface area contributed by atoms with E-state index in [1.54, 1.807) is 0 Å². The van der Waals surface area contributed by atoms with Crippen molar-refractivity contribution in [2.24, 2.45) is 11.8 Å². The lowest BCUT2D eigenvalue weighted by atomic mass is 9.87. The van der Waals surface area contributed by atoms with Crippen molar-refractivity contribution in [2.75, 3.05) is 7.05 Å². The normalized spacial score (nSPS) is 44.8. The zero-order valence-electron chi connectivity index (χ0n) is 8.03. The van der Waals surface area contributed by atoms with Crippen molar-refractivity contribution in [2.45, 2.75) is 44.9 Å². The van der Waals surface area contributed by atoms with Crippen LogP contribution in [-0.4, -0.2) is 29.3 Å². The number of rotatable bonds is 1. The first-order chi connectivity index (χ1) is 5.68. The molecule has 0 aromatic heterocycles. The van der Waals surface area contributed by atoms with Gasteiger partial charge in [0.2, 0.25) is 0 Å². The van der Waals surface area contributed by atoms with Crippen molar-refractivity contribution < 1.29 is 5.11 Å². The van der Waals surface area contributed by atoms with Crippen LogP contribution in [0.25, 0.3) is 0 Å². The smallest absolute Gasteiger partial charge is 0.107 e. The topological polar surface area (TPSA) is 23.5 Å². The van der Waals surface area contributed by atoms with E-state index in [-0.39, 0.29) is 6.23 Å². The summed E-state index contributed by atoms with van der Waals surface area (Å²) in [7, 11) is 2.03. The molecule has 2 nitrogen and oxygen atoms in total. The molecule has 1 aliphatic carbocycles. The van der Waals surface area contributed by atoms with Gasteiger partial charge >= 0.3 is 0 Å². The highest BCUT2D eigenvalue weighted by Gasteiger charge is 2.38. The highest BCUT2D eigenvalue weighted by molar-refractivity contribution is 4.88. The first-order valence-corrected chi connectivity index (χ1v) is 5.08. The van der Waals surface area contributed by atoms with Gasteiger partial charge in [-0.2, -0.15) is 0 Å². The van der Waals surface area contributed by atoms with E-state index in [0.717, 1.165) is 18.3 Å². The minimum absolute atomic E-state index is 0.181. The van der Waals surface area contributed by atoms with E-state index in [2.05, 4.69) is 11.8 Å². The maximum Gasteiger partial charge on any atom is 0.107 e. The third kappa shape index (κ3) is 1.50. The molecule has 1 heterocycles. The van der Waals surface area contributed by atoms with Crippen LogP contribution in [0.15, 0.2) is 0 Å².